The Morgan fingerprint density at radius 2 is 2.08 bits per heavy atom. The number of fused-ring (bicyclic) bond motifs is 1. The van der Waals surface area contributed by atoms with Gasteiger partial charge in [0.1, 0.15) is 5.75 Å². The number of sulfonamides is 1. The van der Waals surface area contributed by atoms with E-state index in [9.17, 15) is 13.2 Å². The monoisotopic (exact) mass is 353 g/mol. The van der Waals surface area contributed by atoms with Gasteiger partial charge in [0, 0.05) is 13.0 Å². The maximum absolute atomic E-state index is 12.5. The number of carbonyl (C=O) groups is 1. The Kier molecular flexibility index (Phi) is 4.83. The highest BCUT2D eigenvalue weighted by molar-refractivity contribution is 7.90. The largest absolute Gasteiger partial charge is 0.493 e. The molecule has 7 heteroatoms. The molecule has 0 unspecified atom stereocenters. The average molecular weight is 353 g/mol. The third kappa shape index (κ3) is 3.42. The SMILES string of the molecule is CC(C)[C@@H]1OCCC[C@@H]1C(=O)NS(=O)(=O)c1ccc2c(c1)CCO2. The van der Waals surface area contributed by atoms with Gasteiger partial charge in [-0.25, -0.2) is 13.1 Å². The third-order valence-corrected chi connectivity index (χ3v) is 5.91. The van der Waals surface area contributed by atoms with Crippen molar-refractivity contribution in [2.45, 2.75) is 44.1 Å². The van der Waals surface area contributed by atoms with Crippen LogP contribution < -0.4 is 9.46 Å². The molecule has 3 rings (SSSR count). The predicted octanol–water partition coefficient (Wildman–Crippen LogP) is 1.88. The van der Waals surface area contributed by atoms with Gasteiger partial charge < -0.3 is 9.47 Å². The maximum Gasteiger partial charge on any atom is 0.264 e. The Labute approximate surface area is 142 Å². The molecule has 1 saturated heterocycles. The fourth-order valence-corrected chi connectivity index (χ4v) is 4.42. The van der Waals surface area contributed by atoms with Crippen molar-refractivity contribution in [2.24, 2.45) is 11.8 Å². The first-order chi connectivity index (χ1) is 11.4. The molecular formula is C17H23NO5S. The molecule has 1 fully saturated rings. The van der Waals surface area contributed by atoms with E-state index in [-0.39, 0.29) is 16.9 Å². The zero-order chi connectivity index (χ0) is 17.3. The fraction of sp³-hybridized carbons (Fsp3) is 0.588. The minimum Gasteiger partial charge on any atom is -0.493 e. The van der Waals surface area contributed by atoms with Crippen LogP contribution in [0.25, 0.3) is 0 Å². The van der Waals surface area contributed by atoms with Crippen molar-refractivity contribution in [3.8, 4) is 5.75 Å². The highest BCUT2D eigenvalue weighted by atomic mass is 32.2. The summed E-state index contributed by atoms with van der Waals surface area (Å²) in [6.45, 7) is 5.13. The molecular weight excluding hydrogens is 330 g/mol. The van der Waals surface area contributed by atoms with Gasteiger partial charge in [0.2, 0.25) is 5.91 Å². The lowest BCUT2D eigenvalue weighted by Crippen LogP contribution is -2.45. The van der Waals surface area contributed by atoms with Gasteiger partial charge in [-0.3, -0.25) is 4.79 Å². The summed E-state index contributed by atoms with van der Waals surface area (Å²) < 4.78 is 38.4. The summed E-state index contributed by atoms with van der Waals surface area (Å²) in [5.41, 5.74) is 0.853. The Morgan fingerprint density at radius 3 is 2.83 bits per heavy atom. The van der Waals surface area contributed by atoms with Crippen molar-refractivity contribution in [2.75, 3.05) is 13.2 Å². The van der Waals surface area contributed by atoms with Crippen molar-refractivity contribution >= 4 is 15.9 Å². The van der Waals surface area contributed by atoms with E-state index in [0.29, 0.717) is 31.8 Å². The highest BCUT2D eigenvalue weighted by Gasteiger charge is 2.36. The zero-order valence-corrected chi connectivity index (χ0v) is 14.8. The first kappa shape index (κ1) is 17.2. The van der Waals surface area contributed by atoms with Crippen LogP contribution in [-0.4, -0.2) is 33.6 Å². The van der Waals surface area contributed by atoms with Gasteiger partial charge in [-0.15, -0.1) is 0 Å². The molecule has 1 aromatic rings. The number of rotatable bonds is 4. The summed E-state index contributed by atoms with van der Waals surface area (Å²) in [5.74, 6) is -0.0573. The van der Waals surface area contributed by atoms with Crippen LogP contribution in [0.3, 0.4) is 0 Å². The lowest BCUT2D eigenvalue weighted by atomic mass is 9.87. The number of hydrogen-bond acceptors (Lipinski definition) is 5. The molecule has 2 heterocycles. The molecule has 6 nitrogen and oxygen atoms in total. The minimum absolute atomic E-state index is 0.0953. The van der Waals surface area contributed by atoms with Crippen molar-refractivity contribution in [3.05, 3.63) is 23.8 Å². The standard InChI is InChI=1S/C17H23NO5S/c1-11(2)16-14(4-3-8-23-16)17(19)18-24(20,21)13-5-6-15-12(10-13)7-9-22-15/h5-6,10-11,14,16H,3-4,7-9H2,1-2H3,(H,18,19)/t14-,16-/m0/s1. The molecule has 2 aliphatic rings. The van der Waals surface area contributed by atoms with E-state index in [4.69, 9.17) is 9.47 Å². The summed E-state index contributed by atoms with van der Waals surface area (Å²) >= 11 is 0. The Bertz CT molecular complexity index is 728. The van der Waals surface area contributed by atoms with Crippen molar-refractivity contribution in [1.82, 2.24) is 4.72 Å². The summed E-state index contributed by atoms with van der Waals surface area (Å²) in [7, 11) is -3.89. The van der Waals surface area contributed by atoms with Crippen LogP contribution in [0.2, 0.25) is 0 Å². The van der Waals surface area contributed by atoms with Gasteiger partial charge in [-0.1, -0.05) is 13.8 Å². The highest BCUT2D eigenvalue weighted by Crippen LogP contribution is 2.29. The molecule has 2 atom stereocenters. The lowest BCUT2D eigenvalue weighted by molar-refractivity contribution is -0.135. The minimum atomic E-state index is -3.89. The first-order valence-electron chi connectivity index (χ1n) is 8.32. The first-order valence-corrected chi connectivity index (χ1v) is 9.81. The average Bonchev–Trinajstić information content (AvgIpc) is 3.02. The molecule has 24 heavy (non-hydrogen) atoms. The molecule has 1 N–H and O–H groups in total. The van der Waals surface area contributed by atoms with Gasteiger partial charge >= 0.3 is 0 Å². The zero-order valence-electron chi connectivity index (χ0n) is 13.9. The fourth-order valence-electron chi connectivity index (χ4n) is 3.34. The van der Waals surface area contributed by atoms with E-state index in [1.165, 1.54) is 6.07 Å². The van der Waals surface area contributed by atoms with Crippen LogP contribution in [0.5, 0.6) is 5.75 Å². The summed E-state index contributed by atoms with van der Waals surface area (Å²) in [6.07, 6.45) is 1.83. The van der Waals surface area contributed by atoms with E-state index < -0.39 is 21.8 Å². The summed E-state index contributed by atoms with van der Waals surface area (Å²) in [5, 5.41) is 0. The van der Waals surface area contributed by atoms with Crippen LogP contribution in [0.4, 0.5) is 0 Å². The van der Waals surface area contributed by atoms with E-state index in [0.717, 1.165) is 12.0 Å². The normalized spacial score (nSPS) is 23.6. The van der Waals surface area contributed by atoms with E-state index in [1.54, 1.807) is 12.1 Å². The number of hydrogen-bond donors (Lipinski definition) is 1. The molecule has 1 aromatic carbocycles. The van der Waals surface area contributed by atoms with Crippen LogP contribution in [-0.2, 0) is 26.0 Å². The van der Waals surface area contributed by atoms with Gasteiger partial charge in [0.25, 0.3) is 10.0 Å². The molecule has 0 saturated carbocycles. The second kappa shape index (κ2) is 6.72. The Morgan fingerprint density at radius 1 is 1.29 bits per heavy atom. The number of ether oxygens (including phenoxy) is 2. The molecule has 0 radical (unpaired) electrons. The molecule has 0 aliphatic carbocycles. The predicted molar refractivity (Wildman–Crippen MR) is 88.3 cm³/mol. The Balaban J connectivity index is 1.77. The van der Waals surface area contributed by atoms with E-state index >= 15 is 0 Å². The molecule has 132 valence electrons. The topological polar surface area (TPSA) is 81.7 Å². The molecule has 0 spiro atoms. The Hall–Kier alpha value is -1.60. The molecule has 0 aromatic heterocycles. The second-order valence-corrected chi connectivity index (χ2v) is 8.35. The molecule has 1 amide bonds. The van der Waals surface area contributed by atoms with Gasteiger partial charge in [0.05, 0.1) is 23.5 Å². The smallest absolute Gasteiger partial charge is 0.264 e. The number of amides is 1. The third-order valence-electron chi connectivity index (χ3n) is 4.57. The second-order valence-electron chi connectivity index (χ2n) is 6.67. The number of nitrogens with one attached hydrogen (secondary N) is 1. The van der Waals surface area contributed by atoms with Crippen molar-refractivity contribution in [3.63, 3.8) is 0 Å². The molecule has 0 bridgehead atoms. The maximum atomic E-state index is 12.5. The van der Waals surface area contributed by atoms with Gasteiger partial charge in [-0.05, 0) is 42.5 Å². The lowest BCUT2D eigenvalue weighted by Gasteiger charge is -2.33. The number of benzene rings is 1. The summed E-state index contributed by atoms with van der Waals surface area (Å²) in [4.78, 5) is 12.6. The number of carbonyl (C=O) groups excluding carboxylic acids is 1. The summed E-state index contributed by atoms with van der Waals surface area (Å²) in [6, 6.07) is 4.69. The van der Waals surface area contributed by atoms with Crippen LogP contribution in [0, 0.1) is 11.8 Å². The van der Waals surface area contributed by atoms with E-state index in [2.05, 4.69) is 4.72 Å². The van der Waals surface area contributed by atoms with Gasteiger partial charge in [-0.2, -0.15) is 0 Å². The molecule has 2 aliphatic heterocycles. The quantitative estimate of drug-likeness (QED) is 0.894. The van der Waals surface area contributed by atoms with Gasteiger partial charge in [0.15, 0.2) is 0 Å². The van der Waals surface area contributed by atoms with Crippen LogP contribution in [0.15, 0.2) is 23.1 Å². The van der Waals surface area contributed by atoms with Crippen LogP contribution in [0.1, 0.15) is 32.3 Å². The van der Waals surface area contributed by atoms with Crippen molar-refractivity contribution in [1.29, 1.82) is 0 Å². The van der Waals surface area contributed by atoms with Crippen molar-refractivity contribution < 1.29 is 22.7 Å². The van der Waals surface area contributed by atoms with E-state index in [1.807, 2.05) is 13.8 Å². The van der Waals surface area contributed by atoms with Crippen LogP contribution >= 0.6 is 0 Å².